The topological polar surface area (TPSA) is 123 Å². The van der Waals surface area contributed by atoms with Gasteiger partial charge in [0.15, 0.2) is 5.79 Å². The number of hydrogen-bond acceptors (Lipinski definition) is 7. The van der Waals surface area contributed by atoms with Gasteiger partial charge in [0.2, 0.25) is 6.29 Å². The monoisotopic (exact) mass is 374 g/mol. The van der Waals surface area contributed by atoms with Crippen molar-refractivity contribution < 1.29 is 39.4 Å². The normalized spacial score (nSPS) is 34.2. The number of rotatable bonds is 7. The zero-order valence-corrected chi connectivity index (χ0v) is 15.4. The molecule has 8 heteroatoms. The maximum absolute atomic E-state index is 11.7. The van der Waals surface area contributed by atoms with Gasteiger partial charge in [0.05, 0.1) is 19.4 Å². The molecule has 0 spiro atoms. The zero-order chi connectivity index (χ0) is 19.3. The Morgan fingerprint density at radius 3 is 2.65 bits per heavy atom. The van der Waals surface area contributed by atoms with Crippen LogP contribution in [0, 0.1) is 23.7 Å². The molecule has 2 fully saturated rings. The van der Waals surface area contributed by atoms with Gasteiger partial charge in [-0.15, -0.1) is 0 Å². The van der Waals surface area contributed by atoms with Crippen molar-refractivity contribution in [3.8, 4) is 0 Å². The van der Waals surface area contributed by atoms with Gasteiger partial charge in [-0.25, -0.2) is 10.1 Å². The van der Waals surface area contributed by atoms with E-state index in [1.165, 1.54) is 0 Å². The van der Waals surface area contributed by atoms with Crippen molar-refractivity contribution in [3.05, 3.63) is 0 Å². The molecule has 26 heavy (non-hydrogen) atoms. The Bertz CT molecular complexity index is 496. The molecule has 0 radical (unpaired) electrons. The molecule has 8 nitrogen and oxygen atoms in total. The third-order valence-electron chi connectivity index (χ3n) is 5.93. The maximum Gasteiger partial charge on any atom is 0.308 e. The second kappa shape index (κ2) is 9.12. The van der Waals surface area contributed by atoms with Crippen LogP contribution in [-0.4, -0.2) is 46.1 Å². The SMILES string of the molecule is C[C@H]([C@@H]1CCC[C@@H]2CCC(C)(OO)OCC21)[C@@H](O)OC(=O)CCC(=O)O. The van der Waals surface area contributed by atoms with Gasteiger partial charge in [0.25, 0.3) is 0 Å². The summed E-state index contributed by atoms with van der Waals surface area (Å²) in [5.41, 5.74) is 0. The molecule has 3 N–H and O–H groups in total. The molecular formula is C18H30O8. The smallest absolute Gasteiger partial charge is 0.308 e. The summed E-state index contributed by atoms with van der Waals surface area (Å²) < 4.78 is 10.8. The van der Waals surface area contributed by atoms with Gasteiger partial charge in [-0.2, -0.15) is 0 Å². The number of aliphatic hydroxyl groups is 1. The molecule has 1 heterocycles. The second-order valence-electron chi connectivity index (χ2n) is 7.73. The first-order valence-electron chi connectivity index (χ1n) is 9.31. The van der Waals surface area contributed by atoms with E-state index < -0.39 is 24.0 Å². The van der Waals surface area contributed by atoms with Gasteiger partial charge in [0.1, 0.15) is 0 Å². The Hall–Kier alpha value is -1.22. The lowest BCUT2D eigenvalue weighted by molar-refractivity contribution is -0.399. The standard InChI is InChI=1S/C18H30O8/c1-11(17(22)25-16(21)7-6-15(19)20)13-5-3-4-12-8-9-18(2,26-23)24-10-14(12)13/h11-14,17,22-23H,3-10H2,1-2H3,(H,19,20)/t11-,12-,13+,14?,17+,18?/m1/s1. The minimum Gasteiger partial charge on any atom is -0.481 e. The van der Waals surface area contributed by atoms with Gasteiger partial charge < -0.3 is 19.7 Å². The summed E-state index contributed by atoms with van der Waals surface area (Å²) in [5, 5.41) is 28.0. The molecule has 150 valence electrons. The maximum atomic E-state index is 11.7. The van der Waals surface area contributed by atoms with E-state index in [9.17, 15) is 14.7 Å². The molecule has 1 saturated carbocycles. The molecule has 1 aliphatic carbocycles. The summed E-state index contributed by atoms with van der Waals surface area (Å²) in [7, 11) is 0. The lowest BCUT2D eigenvalue weighted by atomic mass is 9.66. The Morgan fingerprint density at radius 1 is 1.27 bits per heavy atom. The third kappa shape index (κ3) is 5.39. The predicted molar refractivity (Wildman–Crippen MR) is 89.8 cm³/mol. The average molecular weight is 374 g/mol. The lowest BCUT2D eigenvalue weighted by Crippen LogP contribution is -2.40. The van der Waals surface area contributed by atoms with Gasteiger partial charge in [-0.3, -0.25) is 9.59 Å². The number of hydrogen-bond donors (Lipinski definition) is 3. The fourth-order valence-corrected chi connectivity index (χ4v) is 4.25. The highest BCUT2D eigenvalue weighted by molar-refractivity contribution is 5.76. The van der Waals surface area contributed by atoms with Crippen LogP contribution in [-0.2, 0) is 24.0 Å². The van der Waals surface area contributed by atoms with Crippen molar-refractivity contribution in [2.24, 2.45) is 23.7 Å². The first-order chi connectivity index (χ1) is 12.3. The third-order valence-corrected chi connectivity index (χ3v) is 5.93. The number of aliphatic carboxylic acids is 1. The van der Waals surface area contributed by atoms with Crippen LogP contribution in [0.2, 0.25) is 0 Å². The van der Waals surface area contributed by atoms with E-state index in [1.807, 2.05) is 6.92 Å². The molecule has 2 unspecified atom stereocenters. The number of carbonyl (C=O) groups excluding carboxylic acids is 1. The first-order valence-corrected chi connectivity index (χ1v) is 9.31. The van der Waals surface area contributed by atoms with Crippen LogP contribution in [0.1, 0.15) is 58.8 Å². The fraction of sp³-hybridized carbons (Fsp3) is 0.889. The van der Waals surface area contributed by atoms with Crippen LogP contribution in [0.3, 0.4) is 0 Å². The Morgan fingerprint density at radius 2 is 2.00 bits per heavy atom. The number of ether oxygens (including phenoxy) is 2. The number of aliphatic hydroxyl groups excluding tert-OH is 1. The number of carboxylic acid groups (broad SMARTS) is 1. The summed E-state index contributed by atoms with van der Waals surface area (Å²) in [6, 6.07) is 0. The summed E-state index contributed by atoms with van der Waals surface area (Å²) >= 11 is 0. The van der Waals surface area contributed by atoms with Crippen molar-refractivity contribution in [1.29, 1.82) is 0 Å². The van der Waals surface area contributed by atoms with E-state index in [-0.39, 0.29) is 30.6 Å². The molecule has 0 bridgehead atoms. The summed E-state index contributed by atoms with van der Waals surface area (Å²) in [6.45, 7) is 3.97. The van der Waals surface area contributed by atoms with E-state index in [0.29, 0.717) is 18.9 Å². The van der Waals surface area contributed by atoms with Crippen molar-refractivity contribution in [3.63, 3.8) is 0 Å². The number of carboxylic acids is 1. The van der Waals surface area contributed by atoms with Crippen LogP contribution < -0.4 is 0 Å². The molecule has 0 aromatic heterocycles. The second-order valence-corrected chi connectivity index (χ2v) is 7.73. The van der Waals surface area contributed by atoms with Crippen molar-refractivity contribution in [2.75, 3.05) is 6.61 Å². The molecule has 0 aromatic carbocycles. The van der Waals surface area contributed by atoms with Crippen LogP contribution in [0.4, 0.5) is 0 Å². The quantitative estimate of drug-likeness (QED) is 0.269. The Labute approximate surface area is 153 Å². The average Bonchev–Trinajstić information content (AvgIpc) is 2.79. The number of esters is 1. The van der Waals surface area contributed by atoms with Crippen LogP contribution in [0.5, 0.6) is 0 Å². The highest BCUT2D eigenvalue weighted by Crippen LogP contribution is 2.45. The molecule has 6 atom stereocenters. The van der Waals surface area contributed by atoms with Crippen molar-refractivity contribution >= 4 is 11.9 Å². The fourth-order valence-electron chi connectivity index (χ4n) is 4.25. The molecular weight excluding hydrogens is 344 g/mol. The predicted octanol–water partition coefficient (Wildman–Crippen LogP) is 2.40. The van der Waals surface area contributed by atoms with Crippen LogP contribution in [0.15, 0.2) is 0 Å². The highest BCUT2D eigenvalue weighted by atomic mass is 17.1. The molecule has 2 rings (SSSR count). The van der Waals surface area contributed by atoms with E-state index in [2.05, 4.69) is 4.89 Å². The molecule has 1 aliphatic heterocycles. The summed E-state index contributed by atoms with van der Waals surface area (Å²) in [5.74, 6) is -2.39. The van der Waals surface area contributed by atoms with Gasteiger partial charge >= 0.3 is 11.9 Å². The van der Waals surface area contributed by atoms with Gasteiger partial charge in [-0.1, -0.05) is 19.8 Å². The van der Waals surface area contributed by atoms with Crippen molar-refractivity contribution in [2.45, 2.75) is 70.9 Å². The summed E-state index contributed by atoms with van der Waals surface area (Å²) in [4.78, 5) is 26.7. The zero-order valence-electron chi connectivity index (χ0n) is 15.4. The van der Waals surface area contributed by atoms with Gasteiger partial charge in [0, 0.05) is 12.3 Å². The number of carbonyl (C=O) groups is 2. The lowest BCUT2D eigenvalue weighted by Gasteiger charge is -2.41. The Balaban J connectivity index is 1.97. The van der Waals surface area contributed by atoms with E-state index in [1.54, 1.807) is 6.92 Å². The molecule has 0 amide bonds. The minimum absolute atomic E-state index is 0.108. The van der Waals surface area contributed by atoms with E-state index >= 15 is 0 Å². The number of fused-ring (bicyclic) bond motifs is 1. The summed E-state index contributed by atoms with van der Waals surface area (Å²) in [6.07, 6.45) is 2.58. The van der Waals surface area contributed by atoms with Gasteiger partial charge in [-0.05, 0) is 37.5 Å². The van der Waals surface area contributed by atoms with Crippen LogP contribution >= 0.6 is 0 Å². The molecule has 1 saturated heterocycles. The molecule has 0 aromatic rings. The van der Waals surface area contributed by atoms with Crippen molar-refractivity contribution in [1.82, 2.24) is 0 Å². The first kappa shape index (κ1) is 21.1. The highest BCUT2D eigenvalue weighted by Gasteiger charge is 2.43. The minimum atomic E-state index is -1.27. The largest absolute Gasteiger partial charge is 0.481 e. The Kier molecular flexibility index (Phi) is 7.40. The van der Waals surface area contributed by atoms with E-state index in [4.69, 9.17) is 19.8 Å². The van der Waals surface area contributed by atoms with Crippen LogP contribution in [0.25, 0.3) is 0 Å². The van der Waals surface area contributed by atoms with E-state index in [0.717, 1.165) is 25.7 Å². The molecule has 2 aliphatic rings.